The van der Waals surface area contributed by atoms with Gasteiger partial charge in [0.1, 0.15) is 0 Å². The Labute approximate surface area is 157 Å². The van der Waals surface area contributed by atoms with Crippen molar-refractivity contribution in [2.24, 2.45) is 4.99 Å². The smallest absolute Gasteiger partial charge is 0.0938 e. The predicted molar refractivity (Wildman–Crippen MR) is 108 cm³/mol. The Bertz CT molecular complexity index is 1230. The fraction of sp³-hybridized carbons (Fsp3) is 0. The van der Waals surface area contributed by atoms with Crippen LogP contribution in [0.3, 0.4) is 0 Å². The number of hydrogen-bond acceptors (Lipinski definition) is 3. The highest BCUT2D eigenvalue weighted by molar-refractivity contribution is 9.12. The summed E-state index contributed by atoms with van der Waals surface area (Å²) in [6.07, 6.45) is 11.9. The number of hydrogen-bond donors (Lipinski definition) is 4. The first-order valence-electron chi connectivity index (χ1n) is 8.18. The number of halogens is 1. The Morgan fingerprint density at radius 3 is 2.46 bits per heavy atom. The van der Waals surface area contributed by atoms with E-state index in [0.717, 1.165) is 49.4 Å². The van der Waals surface area contributed by atoms with E-state index in [4.69, 9.17) is 5.41 Å². The molecule has 5 heterocycles. The van der Waals surface area contributed by atoms with Crippen LogP contribution in [0.4, 0.5) is 0 Å². The lowest BCUT2D eigenvalue weighted by Gasteiger charge is -2.01. The van der Waals surface area contributed by atoms with Gasteiger partial charge in [0, 0.05) is 22.1 Å². The van der Waals surface area contributed by atoms with E-state index in [9.17, 15) is 0 Å². The lowest BCUT2D eigenvalue weighted by molar-refractivity contribution is 1.10. The van der Waals surface area contributed by atoms with Crippen LogP contribution in [0.25, 0.3) is 18.2 Å². The summed E-state index contributed by atoms with van der Waals surface area (Å²) in [5, 5.41) is 13.6. The van der Waals surface area contributed by atoms with Crippen molar-refractivity contribution in [2.45, 2.75) is 0 Å². The molecule has 0 unspecified atom stereocenters. The molecule has 0 amide bonds. The van der Waals surface area contributed by atoms with Crippen molar-refractivity contribution in [1.29, 1.82) is 5.41 Å². The number of aromatic amines is 2. The minimum atomic E-state index is 0.424. The average molecular weight is 404 g/mol. The van der Waals surface area contributed by atoms with Crippen LogP contribution >= 0.6 is 15.9 Å². The van der Waals surface area contributed by atoms with E-state index in [1.165, 1.54) is 0 Å². The van der Waals surface area contributed by atoms with E-state index in [-0.39, 0.29) is 0 Å². The van der Waals surface area contributed by atoms with Gasteiger partial charge in [-0.3, -0.25) is 5.41 Å². The molecule has 3 aliphatic rings. The molecule has 5 nitrogen and oxygen atoms in total. The van der Waals surface area contributed by atoms with Crippen LogP contribution in [0.15, 0.2) is 69.1 Å². The van der Waals surface area contributed by atoms with Gasteiger partial charge in [0.25, 0.3) is 0 Å². The second-order valence-electron chi connectivity index (χ2n) is 6.25. The summed E-state index contributed by atoms with van der Waals surface area (Å²) < 4.78 is 0.730. The van der Waals surface area contributed by atoms with Crippen molar-refractivity contribution in [3.8, 4) is 0 Å². The maximum atomic E-state index is 8.33. The fourth-order valence-electron chi connectivity index (χ4n) is 3.10. The molecular formula is C20H14BrN5. The van der Waals surface area contributed by atoms with Crippen LogP contribution < -0.4 is 16.0 Å². The zero-order chi connectivity index (χ0) is 17.7. The highest BCUT2D eigenvalue weighted by Gasteiger charge is 2.22. The molecular weight excluding hydrogens is 390 g/mol. The molecule has 3 aliphatic heterocycles. The minimum Gasteiger partial charge on any atom is -0.355 e. The fourth-order valence-corrected chi connectivity index (χ4v) is 3.53. The van der Waals surface area contributed by atoms with Crippen LogP contribution in [0.2, 0.25) is 0 Å². The molecule has 0 saturated carbocycles. The van der Waals surface area contributed by atoms with Gasteiger partial charge >= 0.3 is 0 Å². The number of nitrogens with one attached hydrogen (secondary N) is 4. The molecule has 0 radical (unpaired) electrons. The first-order chi connectivity index (χ1) is 12.6. The number of fused-ring (bicyclic) bond motifs is 7. The first-order valence-corrected chi connectivity index (χ1v) is 8.97. The largest absolute Gasteiger partial charge is 0.355 e. The summed E-state index contributed by atoms with van der Waals surface area (Å²) in [5.74, 6) is 0. The Morgan fingerprint density at radius 1 is 0.846 bits per heavy atom. The van der Waals surface area contributed by atoms with Crippen LogP contribution in [0, 0.1) is 5.41 Å². The summed E-state index contributed by atoms with van der Waals surface area (Å²) in [6, 6.07) is 8.10. The van der Waals surface area contributed by atoms with E-state index in [1.807, 2.05) is 54.6 Å². The Kier molecular flexibility index (Phi) is 3.33. The van der Waals surface area contributed by atoms with Crippen molar-refractivity contribution in [3.63, 3.8) is 0 Å². The maximum Gasteiger partial charge on any atom is 0.0938 e. The van der Waals surface area contributed by atoms with Gasteiger partial charge < -0.3 is 15.3 Å². The minimum absolute atomic E-state index is 0.424. The molecule has 126 valence electrons. The van der Waals surface area contributed by atoms with E-state index in [0.29, 0.717) is 5.71 Å². The molecule has 0 atom stereocenters. The maximum absolute atomic E-state index is 8.33. The first kappa shape index (κ1) is 15.2. The Balaban J connectivity index is 1.72. The van der Waals surface area contributed by atoms with Gasteiger partial charge in [0.05, 0.1) is 33.0 Å². The summed E-state index contributed by atoms with van der Waals surface area (Å²) in [6.45, 7) is 0. The van der Waals surface area contributed by atoms with Gasteiger partial charge in [-0.15, -0.1) is 0 Å². The Morgan fingerprint density at radius 2 is 1.62 bits per heavy atom. The quantitative estimate of drug-likeness (QED) is 0.535. The zero-order valence-corrected chi connectivity index (χ0v) is 15.2. The van der Waals surface area contributed by atoms with Crippen LogP contribution in [-0.4, -0.2) is 21.4 Å². The topological polar surface area (TPSA) is 79.8 Å². The lowest BCUT2D eigenvalue weighted by atomic mass is 10.2. The summed E-state index contributed by atoms with van der Waals surface area (Å²) in [7, 11) is 0. The number of aliphatic imine (C=N–C) groups is 1. The molecule has 0 spiro atoms. The van der Waals surface area contributed by atoms with Gasteiger partial charge in [-0.1, -0.05) is 0 Å². The molecule has 8 bridgehead atoms. The third kappa shape index (κ3) is 2.64. The number of allylic oxidation sites excluding steroid dienone is 4. The normalized spacial score (nSPS) is 18.0. The van der Waals surface area contributed by atoms with Gasteiger partial charge in [-0.25, -0.2) is 4.99 Å². The second-order valence-corrected chi connectivity index (χ2v) is 7.04. The third-order valence-electron chi connectivity index (χ3n) is 4.35. The second kappa shape index (κ2) is 5.71. The number of rotatable bonds is 0. The van der Waals surface area contributed by atoms with Crippen LogP contribution in [-0.2, 0) is 0 Å². The molecule has 2 aromatic rings. The highest BCUT2D eigenvalue weighted by atomic mass is 79.9. The molecule has 0 fully saturated rings. The standard InChI is InChI=1S/C20H14BrN5/c21-19-17-9-15-5-3-13(24-15)7-11-1-2-12(23-11)8-14-4-6-16(25-14)10-18(26-17)20(19)22/h1-10,22-23,25-26H. The van der Waals surface area contributed by atoms with E-state index in [2.05, 4.69) is 42.3 Å². The number of aromatic nitrogens is 2. The van der Waals surface area contributed by atoms with Crippen LogP contribution in [0.5, 0.6) is 0 Å². The highest BCUT2D eigenvalue weighted by Crippen LogP contribution is 2.27. The molecule has 0 aliphatic carbocycles. The molecule has 0 saturated heterocycles. The number of nitrogens with zero attached hydrogens (tertiary/aromatic N) is 1. The van der Waals surface area contributed by atoms with Gasteiger partial charge in [0.15, 0.2) is 0 Å². The average Bonchev–Trinajstić information content (AvgIpc) is 3.38. The van der Waals surface area contributed by atoms with Crippen molar-refractivity contribution in [2.75, 3.05) is 0 Å². The van der Waals surface area contributed by atoms with E-state index >= 15 is 0 Å². The molecule has 5 rings (SSSR count). The summed E-state index contributed by atoms with van der Waals surface area (Å²) >= 11 is 3.52. The lowest BCUT2D eigenvalue weighted by Crippen LogP contribution is -2.11. The number of H-pyrrole nitrogens is 2. The predicted octanol–water partition coefficient (Wildman–Crippen LogP) is 2.43. The molecule has 4 N–H and O–H groups in total. The zero-order valence-electron chi connectivity index (χ0n) is 13.6. The van der Waals surface area contributed by atoms with Crippen molar-refractivity contribution in [3.05, 3.63) is 86.2 Å². The van der Waals surface area contributed by atoms with Crippen molar-refractivity contribution >= 4 is 45.6 Å². The van der Waals surface area contributed by atoms with Crippen molar-refractivity contribution in [1.82, 2.24) is 15.3 Å². The van der Waals surface area contributed by atoms with E-state index in [1.54, 1.807) is 0 Å². The van der Waals surface area contributed by atoms with Gasteiger partial charge in [-0.05, 0) is 76.7 Å². The van der Waals surface area contributed by atoms with Crippen LogP contribution in [0.1, 0.15) is 11.4 Å². The monoisotopic (exact) mass is 403 g/mol. The third-order valence-corrected chi connectivity index (χ3v) is 5.17. The molecule has 6 heteroatoms. The summed E-state index contributed by atoms with van der Waals surface area (Å²) in [4.78, 5) is 11.4. The summed E-state index contributed by atoms with van der Waals surface area (Å²) in [5.41, 5.74) is 5.66. The SMILES string of the molecule is N=C1C2=Cc3ccc([nH]3)C=c3ccc([nH]3)=CC3=NC(=CC(=C1Br)N2)C=C3. The Hall–Kier alpha value is -3.12. The molecule has 26 heavy (non-hydrogen) atoms. The van der Waals surface area contributed by atoms with Gasteiger partial charge in [0.2, 0.25) is 0 Å². The molecule has 0 aromatic carbocycles. The van der Waals surface area contributed by atoms with Gasteiger partial charge in [-0.2, -0.15) is 0 Å². The molecule has 2 aromatic heterocycles. The van der Waals surface area contributed by atoms with Crippen molar-refractivity contribution < 1.29 is 0 Å². The van der Waals surface area contributed by atoms with E-state index < -0.39 is 0 Å².